The Morgan fingerprint density at radius 1 is 1.56 bits per heavy atom. The zero-order valence-electron chi connectivity index (χ0n) is 10.9. The first-order valence-electron chi connectivity index (χ1n) is 6.00. The first kappa shape index (κ1) is 14.4. The molecule has 1 aromatic rings. The highest BCUT2D eigenvalue weighted by atomic mass is 16.5. The van der Waals surface area contributed by atoms with E-state index in [0.717, 1.165) is 32.4 Å². The number of nitrogens with two attached hydrogens (primary N) is 1. The Hall–Kier alpha value is -1.63. The van der Waals surface area contributed by atoms with Gasteiger partial charge in [-0.2, -0.15) is 4.98 Å². The van der Waals surface area contributed by atoms with Crippen molar-refractivity contribution < 1.29 is 9.73 Å². The van der Waals surface area contributed by atoms with Crippen LogP contribution in [0.5, 0.6) is 0 Å². The average Bonchev–Trinajstić information content (AvgIpc) is 2.85. The summed E-state index contributed by atoms with van der Waals surface area (Å²) >= 11 is 0. The third-order valence-electron chi connectivity index (χ3n) is 2.88. The van der Waals surface area contributed by atoms with Crippen LogP contribution in [-0.2, 0) is 6.42 Å². The van der Waals surface area contributed by atoms with E-state index in [1.165, 1.54) is 6.33 Å². The number of aromatic nitrogens is 2. The fourth-order valence-corrected chi connectivity index (χ4v) is 1.55. The van der Waals surface area contributed by atoms with Crippen LogP contribution in [0.2, 0.25) is 0 Å². The molecule has 4 N–H and O–H groups in total. The van der Waals surface area contributed by atoms with Crippen molar-refractivity contribution in [3.05, 3.63) is 12.2 Å². The lowest BCUT2D eigenvalue weighted by molar-refractivity contribution is 0.304. The highest BCUT2D eigenvalue weighted by Crippen LogP contribution is 2.21. The number of hydrogen-bond donors (Lipinski definition) is 3. The van der Waals surface area contributed by atoms with Gasteiger partial charge in [-0.3, -0.25) is 0 Å². The van der Waals surface area contributed by atoms with E-state index in [4.69, 9.17) is 15.5 Å². The van der Waals surface area contributed by atoms with E-state index in [9.17, 15) is 0 Å². The van der Waals surface area contributed by atoms with Crippen LogP contribution in [0.1, 0.15) is 32.6 Å². The Balaban J connectivity index is 2.08. The third-order valence-corrected chi connectivity index (χ3v) is 2.88. The molecule has 0 aliphatic rings. The van der Waals surface area contributed by atoms with Crippen molar-refractivity contribution in [1.82, 2.24) is 15.5 Å². The quantitative estimate of drug-likeness (QED) is 0.208. The monoisotopic (exact) mass is 255 g/mol. The molecule has 0 saturated carbocycles. The molecule has 0 unspecified atom stereocenters. The molecule has 0 bridgehead atoms. The van der Waals surface area contributed by atoms with Gasteiger partial charge in [-0.25, -0.2) is 0 Å². The van der Waals surface area contributed by atoms with Crippen molar-refractivity contribution in [2.24, 2.45) is 16.3 Å². The van der Waals surface area contributed by atoms with Gasteiger partial charge < -0.3 is 20.8 Å². The minimum absolute atomic E-state index is 0.272. The van der Waals surface area contributed by atoms with Crippen molar-refractivity contribution in [2.75, 3.05) is 13.1 Å². The van der Waals surface area contributed by atoms with Gasteiger partial charge in [0, 0.05) is 18.4 Å². The highest BCUT2D eigenvalue weighted by molar-refractivity contribution is 5.85. The van der Waals surface area contributed by atoms with Crippen LogP contribution < -0.4 is 11.1 Å². The zero-order chi connectivity index (χ0) is 13.4. The Bertz CT molecular complexity index is 362. The Kier molecular flexibility index (Phi) is 5.57. The van der Waals surface area contributed by atoms with Gasteiger partial charge in [0.2, 0.25) is 5.89 Å². The first-order valence-corrected chi connectivity index (χ1v) is 6.00. The molecule has 1 rings (SSSR count). The second-order valence-corrected chi connectivity index (χ2v) is 4.81. The number of hydrogen-bond acceptors (Lipinski definition) is 6. The van der Waals surface area contributed by atoms with Gasteiger partial charge in [0.15, 0.2) is 6.33 Å². The molecule has 1 heterocycles. The molecule has 0 aliphatic heterocycles. The second kappa shape index (κ2) is 6.95. The van der Waals surface area contributed by atoms with E-state index < -0.39 is 0 Å². The lowest BCUT2D eigenvalue weighted by atomic mass is 9.86. The fourth-order valence-electron chi connectivity index (χ4n) is 1.55. The van der Waals surface area contributed by atoms with Gasteiger partial charge in [0.1, 0.15) is 5.84 Å². The van der Waals surface area contributed by atoms with Crippen molar-refractivity contribution in [2.45, 2.75) is 33.1 Å². The predicted octanol–water partition coefficient (Wildman–Crippen LogP) is 0.754. The van der Waals surface area contributed by atoms with Crippen molar-refractivity contribution in [1.29, 1.82) is 0 Å². The van der Waals surface area contributed by atoms with Crippen LogP contribution in [0.4, 0.5) is 0 Å². The molecule has 0 radical (unpaired) electrons. The summed E-state index contributed by atoms with van der Waals surface area (Å²) in [4.78, 5) is 3.93. The fraction of sp³-hybridized carbons (Fsp3) is 0.727. The van der Waals surface area contributed by atoms with Crippen LogP contribution >= 0.6 is 0 Å². The molecule has 0 aromatic carbocycles. The minimum Gasteiger partial charge on any atom is -0.409 e. The van der Waals surface area contributed by atoms with Crippen LogP contribution in [0.25, 0.3) is 0 Å². The predicted molar refractivity (Wildman–Crippen MR) is 67.3 cm³/mol. The van der Waals surface area contributed by atoms with E-state index >= 15 is 0 Å². The molecule has 0 fully saturated rings. The van der Waals surface area contributed by atoms with Crippen LogP contribution in [0, 0.1) is 5.41 Å². The first-order chi connectivity index (χ1) is 8.56. The number of rotatable bonds is 8. The largest absolute Gasteiger partial charge is 0.409 e. The lowest BCUT2D eigenvalue weighted by Crippen LogP contribution is -2.32. The smallest absolute Gasteiger partial charge is 0.227 e. The van der Waals surface area contributed by atoms with E-state index in [0.29, 0.717) is 5.89 Å². The third kappa shape index (κ3) is 4.70. The summed E-state index contributed by atoms with van der Waals surface area (Å²) < 4.78 is 4.88. The van der Waals surface area contributed by atoms with Crippen LogP contribution in [0.3, 0.4) is 0 Å². The lowest BCUT2D eigenvalue weighted by Gasteiger charge is -2.22. The summed E-state index contributed by atoms with van der Waals surface area (Å²) in [6.45, 7) is 5.59. The van der Waals surface area contributed by atoms with E-state index in [1.54, 1.807) is 0 Å². The molecule has 7 heteroatoms. The van der Waals surface area contributed by atoms with E-state index in [-0.39, 0.29) is 11.3 Å². The maximum Gasteiger partial charge on any atom is 0.227 e. The number of oxime groups is 1. The van der Waals surface area contributed by atoms with E-state index in [2.05, 4.69) is 20.6 Å². The highest BCUT2D eigenvalue weighted by Gasteiger charge is 2.22. The molecular weight excluding hydrogens is 234 g/mol. The topological polar surface area (TPSA) is 110 Å². The Labute approximate surface area is 106 Å². The van der Waals surface area contributed by atoms with Crippen LogP contribution in [-0.4, -0.2) is 34.3 Å². The normalized spacial score (nSPS) is 12.9. The minimum atomic E-state index is -0.275. The summed E-state index contributed by atoms with van der Waals surface area (Å²) in [5, 5.41) is 18.5. The molecule has 1 aromatic heterocycles. The summed E-state index contributed by atoms with van der Waals surface area (Å²) in [5.74, 6) is 0.910. The molecule has 7 nitrogen and oxygen atoms in total. The molecular formula is C11H21N5O2. The van der Waals surface area contributed by atoms with Gasteiger partial charge >= 0.3 is 0 Å². The van der Waals surface area contributed by atoms with Gasteiger partial charge in [-0.15, -0.1) is 0 Å². The Morgan fingerprint density at radius 3 is 2.94 bits per heavy atom. The molecule has 0 amide bonds. The number of amidine groups is 1. The Morgan fingerprint density at radius 2 is 2.33 bits per heavy atom. The SMILES string of the molecule is CC(C)(CCCNCCc1ncno1)C(N)=NO. The van der Waals surface area contributed by atoms with Crippen molar-refractivity contribution in [3.8, 4) is 0 Å². The standard InChI is InChI=1S/C11H21N5O2/c1-11(2,10(12)16-17)5-3-6-13-7-4-9-14-8-15-18-9/h8,13,17H,3-7H2,1-2H3,(H2,12,16). The summed E-state index contributed by atoms with van der Waals surface area (Å²) in [6.07, 6.45) is 3.93. The number of nitrogens with zero attached hydrogens (tertiary/aromatic N) is 3. The molecule has 0 spiro atoms. The summed E-state index contributed by atoms with van der Waals surface area (Å²) in [5.41, 5.74) is 5.33. The zero-order valence-corrected chi connectivity index (χ0v) is 10.9. The van der Waals surface area contributed by atoms with Crippen molar-refractivity contribution >= 4 is 5.84 Å². The molecule has 102 valence electrons. The summed E-state index contributed by atoms with van der Waals surface area (Å²) in [7, 11) is 0. The van der Waals surface area contributed by atoms with E-state index in [1.807, 2.05) is 13.8 Å². The van der Waals surface area contributed by atoms with Crippen LogP contribution in [0.15, 0.2) is 16.0 Å². The van der Waals surface area contributed by atoms with Gasteiger partial charge in [0.05, 0.1) is 0 Å². The average molecular weight is 255 g/mol. The molecule has 0 aliphatic carbocycles. The van der Waals surface area contributed by atoms with Crippen molar-refractivity contribution in [3.63, 3.8) is 0 Å². The maximum absolute atomic E-state index is 8.64. The second-order valence-electron chi connectivity index (χ2n) is 4.81. The van der Waals surface area contributed by atoms with Gasteiger partial charge in [-0.1, -0.05) is 24.2 Å². The van der Waals surface area contributed by atoms with Gasteiger partial charge in [-0.05, 0) is 19.4 Å². The summed E-state index contributed by atoms with van der Waals surface area (Å²) in [6, 6.07) is 0. The number of nitrogens with one attached hydrogen (secondary N) is 1. The molecule has 0 atom stereocenters. The van der Waals surface area contributed by atoms with Gasteiger partial charge in [0.25, 0.3) is 0 Å². The molecule has 0 saturated heterocycles. The maximum atomic E-state index is 8.64. The molecule has 18 heavy (non-hydrogen) atoms.